The molecule has 0 saturated carbocycles. The number of nitrogens with zero attached hydrogens (tertiary/aromatic N) is 4. The predicted octanol–water partition coefficient (Wildman–Crippen LogP) is 1.44. The van der Waals surface area contributed by atoms with Gasteiger partial charge in [0.1, 0.15) is 0 Å². The van der Waals surface area contributed by atoms with E-state index in [0.29, 0.717) is 5.92 Å². The van der Waals surface area contributed by atoms with Crippen molar-refractivity contribution in [3.63, 3.8) is 0 Å². The highest BCUT2D eigenvalue weighted by molar-refractivity contribution is 5.33. The van der Waals surface area contributed by atoms with Crippen LogP contribution in [-0.2, 0) is 0 Å². The zero-order chi connectivity index (χ0) is 12.4. The molecule has 1 aromatic heterocycles. The van der Waals surface area contributed by atoms with Crippen molar-refractivity contribution < 1.29 is 0 Å². The zero-order valence-electron chi connectivity index (χ0n) is 10.5. The summed E-state index contributed by atoms with van der Waals surface area (Å²) < 4.78 is 0. The number of hydrogen-bond acceptors (Lipinski definition) is 4. The van der Waals surface area contributed by atoms with E-state index in [4.69, 9.17) is 0 Å². The van der Waals surface area contributed by atoms with E-state index < -0.39 is 0 Å². The lowest BCUT2D eigenvalue weighted by Gasteiger charge is -2.18. The van der Waals surface area contributed by atoms with Gasteiger partial charge in [-0.05, 0) is 55.8 Å². The third kappa shape index (κ3) is 2.26. The third-order valence-electron chi connectivity index (χ3n) is 3.37. The summed E-state index contributed by atoms with van der Waals surface area (Å²) in [5.74, 6) is 1.32. The number of aromatic nitrogens is 4. The molecule has 0 amide bonds. The minimum atomic E-state index is 0.449. The van der Waals surface area contributed by atoms with Crippen LogP contribution in [-0.4, -0.2) is 33.3 Å². The van der Waals surface area contributed by atoms with E-state index in [-0.39, 0.29) is 0 Å². The van der Waals surface area contributed by atoms with Gasteiger partial charge in [0.25, 0.3) is 0 Å². The summed E-state index contributed by atoms with van der Waals surface area (Å²) in [6, 6.07) is 8.14. The average Bonchev–Trinajstić information content (AvgIpc) is 2.89. The Labute approximate surface area is 106 Å². The van der Waals surface area contributed by atoms with Crippen LogP contribution in [0.3, 0.4) is 0 Å². The van der Waals surface area contributed by atoms with Crippen LogP contribution in [0.15, 0.2) is 24.3 Å². The van der Waals surface area contributed by atoms with E-state index in [1.54, 1.807) is 4.80 Å². The Hall–Kier alpha value is -1.75. The van der Waals surface area contributed by atoms with Crippen molar-refractivity contribution >= 4 is 0 Å². The van der Waals surface area contributed by atoms with Gasteiger partial charge in [-0.3, -0.25) is 0 Å². The summed E-state index contributed by atoms with van der Waals surface area (Å²) in [7, 11) is 0. The topological polar surface area (TPSA) is 55.6 Å². The molecule has 1 fully saturated rings. The average molecular weight is 243 g/mol. The molecule has 5 nitrogen and oxygen atoms in total. The molecule has 1 N–H and O–H groups in total. The summed E-state index contributed by atoms with van der Waals surface area (Å²) in [4.78, 5) is 1.63. The van der Waals surface area contributed by atoms with Crippen molar-refractivity contribution in [3.05, 3.63) is 35.7 Å². The Morgan fingerprint density at radius 2 is 2.11 bits per heavy atom. The fraction of sp³-hybridized carbons (Fsp3) is 0.462. The van der Waals surface area contributed by atoms with E-state index >= 15 is 0 Å². The highest BCUT2D eigenvalue weighted by Crippen LogP contribution is 2.21. The highest BCUT2D eigenvalue weighted by Gasteiger charge is 2.20. The Kier molecular flexibility index (Phi) is 3.06. The molecule has 0 bridgehead atoms. The minimum absolute atomic E-state index is 0.449. The lowest BCUT2D eigenvalue weighted by molar-refractivity contribution is 0.444. The lowest BCUT2D eigenvalue weighted by atomic mass is 9.98. The van der Waals surface area contributed by atoms with Crippen LogP contribution in [0.1, 0.15) is 30.1 Å². The molecule has 0 aliphatic carbocycles. The summed E-state index contributed by atoms with van der Waals surface area (Å²) in [5, 5.41) is 16.2. The molecule has 5 heteroatoms. The fourth-order valence-corrected chi connectivity index (χ4v) is 2.33. The van der Waals surface area contributed by atoms with E-state index in [0.717, 1.165) is 37.4 Å². The van der Waals surface area contributed by atoms with Crippen LogP contribution in [0.5, 0.6) is 0 Å². The number of nitrogens with one attached hydrogen (secondary N) is 1. The zero-order valence-corrected chi connectivity index (χ0v) is 10.5. The third-order valence-corrected chi connectivity index (χ3v) is 3.37. The molecule has 18 heavy (non-hydrogen) atoms. The molecule has 2 heterocycles. The van der Waals surface area contributed by atoms with Gasteiger partial charge in [0, 0.05) is 5.92 Å². The maximum atomic E-state index is 4.51. The van der Waals surface area contributed by atoms with Crippen molar-refractivity contribution in [1.29, 1.82) is 0 Å². The molecule has 3 rings (SSSR count). The molecule has 2 aromatic rings. The second-order valence-corrected chi connectivity index (χ2v) is 4.80. The molecule has 1 aliphatic rings. The van der Waals surface area contributed by atoms with E-state index in [1.807, 2.05) is 12.1 Å². The first-order valence-corrected chi connectivity index (χ1v) is 6.40. The van der Waals surface area contributed by atoms with Gasteiger partial charge in [0.15, 0.2) is 5.82 Å². The quantitative estimate of drug-likeness (QED) is 0.867. The number of hydrogen-bond donors (Lipinski definition) is 1. The van der Waals surface area contributed by atoms with Crippen LogP contribution >= 0.6 is 0 Å². The predicted molar refractivity (Wildman–Crippen MR) is 68.7 cm³/mol. The Morgan fingerprint density at radius 1 is 1.28 bits per heavy atom. The van der Waals surface area contributed by atoms with Crippen LogP contribution in [0.25, 0.3) is 5.69 Å². The van der Waals surface area contributed by atoms with E-state index in [9.17, 15) is 0 Å². The smallest absolute Gasteiger partial charge is 0.178 e. The highest BCUT2D eigenvalue weighted by atomic mass is 15.6. The van der Waals surface area contributed by atoms with Crippen LogP contribution in [0.4, 0.5) is 0 Å². The molecule has 94 valence electrons. The van der Waals surface area contributed by atoms with Gasteiger partial charge in [-0.15, -0.1) is 15.0 Å². The second kappa shape index (κ2) is 4.86. The van der Waals surface area contributed by atoms with E-state index in [2.05, 4.69) is 39.8 Å². The summed E-state index contributed by atoms with van der Waals surface area (Å²) in [6.45, 7) is 4.15. The van der Waals surface area contributed by atoms with Gasteiger partial charge in [-0.1, -0.05) is 12.1 Å². The maximum Gasteiger partial charge on any atom is 0.178 e. The van der Waals surface area contributed by atoms with Crippen LogP contribution in [0.2, 0.25) is 0 Å². The summed E-state index contributed by atoms with van der Waals surface area (Å²) >= 11 is 0. The Bertz CT molecular complexity index is 528. The standard InChI is InChI=1S/C13H17N5/c1-10-3-2-4-12(9-10)18-16-13(15-17-18)11-5-7-14-8-6-11/h2-4,9,11,14H,5-8H2,1H3. The van der Waals surface area contributed by atoms with Crippen molar-refractivity contribution in [2.24, 2.45) is 0 Å². The molecule has 1 aliphatic heterocycles. The monoisotopic (exact) mass is 243 g/mol. The number of tetrazole rings is 1. The van der Waals surface area contributed by atoms with E-state index in [1.165, 1.54) is 5.56 Å². The van der Waals surface area contributed by atoms with Crippen LogP contribution < -0.4 is 5.32 Å². The van der Waals surface area contributed by atoms with Gasteiger partial charge in [0.2, 0.25) is 0 Å². The van der Waals surface area contributed by atoms with Crippen molar-refractivity contribution in [3.8, 4) is 5.69 Å². The fourth-order valence-electron chi connectivity index (χ4n) is 2.33. The van der Waals surface area contributed by atoms with Gasteiger partial charge in [-0.2, -0.15) is 0 Å². The molecule has 1 saturated heterocycles. The second-order valence-electron chi connectivity index (χ2n) is 4.80. The molecule has 0 spiro atoms. The molecular weight excluding hydrogens is 226 g/mol. The van der Waals surface area contributed by atoms with Gasteiger partial charge in [-0.25, -0.2) is 0 Å². The van der Waals surface area contributed by atoms with Crippen LogP contribution in [0, 0.1) is 6.92 Å². The first-order chi connectivity index (χ1) is 8.83. The van der Waals surface area contributed by atoms with Crippen molar-refractivity contribution in [2.75, 3.05) is 13.1 Å². The Morgan fingerprint density at radius 3 is 2.89 bits per heavy atom. The number of benzene rings is 1. The Balaban J connectivity index is 1.84. The van der Waals surface area contributed by atoms with Gasteiger partial charge in [0.05, 0.1) is 5.69 Å². The van der Waals surface area contributed by atoms with Gasteiger partial charge < -0.3 is 5.32 Å². The molecular formula is C13H17N5. The lowest BCUT2D eigenvalue weighted by Crippen LogP contribution is -2.27. The maximum absolute atomic E-state index is 4.51. The number of aryl methyl sites for hydroxylation is 1. The number of rotatable bonds is 2. The molecule has 0 atom stereocenters. The minimum Gasteiger partial charge on any atom is -0.317 e. The summed E-state index contributed by atoms with van der Waals surface area (Å²) in [5.41, 5.74) is 2.18. The first kappa shape index (κ1) is 11.3. The summed E-state index contributed by atoms with van der Waals surface area (Å²) in [6.07, 6.45) is 2.19. The van der Waals surface area contributed by atoms with Crippen molar-refractivity contribution in [1.82, 2.24) is 25.5 Å². The first-order valence-electron chi connectivity index (χ1n) is 6.40. The normalized spacial score (nSPS) is 16.9. The molecule has 1 aromatic carbocycles. The molecule has 0 unspecified atom stereocenters. The number of piperidine rings is 1. The molecule has 0 radical (unpaired) electrons. The van der Waals surface area contributed by atoms with Crippen molar-refractivity contribution in [2.45, 2.75) is 25.7 Å². The largest absolute Gasteiger partial charge is 0.317 e. The SMILES string of the molecule is Cc1cccc(-n2nnc(C3CCNCC3)n2)c1. The van der Waals surface area contributed by atoms with Gasteiger partial charge >= 0.3 is 0 Å².